The Labute approximate surface area is 167 Å². The summed E-state index contributed by atoms with van der Waals surface area (Å²) in [5.41, 5.74) is 3.70. The van der Waals surface area contributed by atoms with Gasteiger partial charge in [0.25, 0.3) is 0 Å². The zero-order valence-corrected chi connectivity index (χ0v) is 18.0. The molecule has 0 aromatic heterocycles. The zero-order chi connectivity index (χ0) is 21.1. The van der Waals surface area contributed by atoms with Gasteiger partial charge in [0, 0.05) is 0 Å². The highest BCUT2D eigenvalue weighted by Gasteiger charge is 2.30. The Balaban J connectivity index is 2.24. The number of amides is 1. The average Bonchev–Trinajstić information content (AvgIpc) is 2.63. The number of nitrogens with one attached hydrogen (secondary N) is 1. The highest BCUT2D eigenvalue weighted by atomic mass is 32.2. The summed E-state index contributed by atoms with van der Waals surface area (Å²) in [6.07, 6.45) is 1.09. The van der Waals surface area contributed by atoms with Gasteiger partial charge in [-0.1, -0.05) is 18.2 Å². The number of sulfonamides is 1. The number of ether oxygens (including phenoxy) is 1. The SMILES string of the molecule is COc1ccc(N(C(C)C(=O)NC(C)c2ccc(C)c(C)c2)S(C)(=O)=O)cc1. The van der Waals surface area contributed by atoms with E-state index in [1.165, 1.54) is 12.7 Å². The molecular formula is C21H28N2O4S. The molecule has 7 heteroatoms. The minimum absolute atomic E-state index is 0.244. The third kappa shape index (κ3) is 5.04. The number of anilines is 1. The first-order chi connectivity index (χ1) is 13.0. The van der Waals surface area contributed by atoms with E-state index in [1.807, 2.05) is 39.0 Å². The van der Waals surface area contributed by atoms with Crippen molar-refractivity contribution in [2.24, 2.45) is 0 Å². The van der Waals surface area contributed by atoms with E-state index in [1.54, 1.807) is 31.2 Å². The molecule has 0 heterocycles. The fourth-order valence-corrected chi connectivity index (χ4v) is 4.16. The minimum atomic E-state index is -3.66. The summed E-state index contributed by atoms with van der Waals surface area (Å²) >= 11 is 0. The van der Waals surface area contributed by atoms with Crippen molar-refractivity contribution in [2.45, 2.75) is 39.8 Å². The van der Waals surface area contributed by atoms with E-state index in [4.69, 9.17) is 4.74 Å². The molecule has 152 valence electrons. The van der Waals surface area contributed by atoms with Gasteiger partial charge in [-0.2, -0.15) is 0 Å². The lowest BCUT2D eigenvalue weighted by Gasteiger charge is -2.29. The standard InChI is InChI=1S/C21H28N2O4S/c1-14-7-8-18(13-15(14)2)16(3)22-21(24)17(4)23(28(6,25)26)19-9-11-20(27-5)12-10-19/h7-13,16-17H,1-6H3,(H,22,24). The minimum Gasteiger partial charge on any atom is -0.497 e. The van der Waals surface area contributed by atoms with Crippen LogP contribution in [0.2, 0.25) is 0 Å². The molecule has 0 bridgehead atoms. The molecule has 0 aliphatic rings. The van der Waals surface area contributed by atoms with Gasteiger partial charge in [-0.05, 0) is 68.7 Å². The highest BCUT2D eigenvalue weighted by Crippen LogP contribution is 2.24. The third-order valence-corrected chi connectivity index (χ3v) is 6.05. The Morgan fingerprint density at radius 3 is 2.14 bits per heavy atom. The van der Waals surface area contributed by atoms with Crippen molar-refractivity contribution in [3.63, 3.8) is 0 Å². The maximum absolute atomic E-state index is 12.8. The first-order valence-corrected chi connectivity index (χ1v) is 10.9. The van der Waals surface area contributed by atoms with E-state index >= 15 is 0 Å². The number of nitrogens with zero attached hydrogens (tertiary/aromatic N) is 1. The molecule has 0 fully saturated rings. The number of hydrogen-bond donors (Lipinski definition) is 1. The second-order valence-corrected chi connectivity index (χ2v) is 8.87. The lowest BCUT2D eigenvalue weighted by Crippen LogP contribution is -2.48. The smallest absolute Gasteiger partial charge is 0.244 e. The van der Waals surface area contributed by atoms with Crippen molar-refractivity contribution in [3.05, 3.63) is 59.2 Å². The molecule has 2 aromatic rings. The molecule has 6 nitrogen and oxygen atoms in total. The Morgan fingerprint density at radius 1 is 1.04 bits per heavy atom. The van der Waals surface area contributed by atoms with Gasteiger partial charge < -0.3 is 10.1 Å². The molecule has 0 saturated carbocycles. The van der Waals surface area contributed by atoms with E-state index in [-0.39, 0.29) is 11.9 Å². The molecular weight excluding hydrogens is 376 g/mol. The summed E-state index contributed by atoms with van der Waals surface area (Å²) < 4.78 is 31.0. The Morgan fingerprint density at radius 2 is 1.64 bits per heavy atom. The topological polar surface area (TPSA) is 75.7 Å². The van der Waals surface area contributed by atoms with Crippen LogP contribution in [0, 0.1) is 13.8 Å². The van der Waals surface area contributed by atoms with Gasteiger partial charge in [0.1, 0.15) is 11.8 Å². The second kappa shape index (κ2) is 8.65. The molecule has 28 heavy (non-hydrogen) atoms. The molecule has 0 radical (unpaired) electrons. The first kappa shape index (κ1) is 21.8. The number of rotatable bonds is 7. The maximum Gasteiger partial charge on any atom is 0.244 e. The van der Waals surface area contributed by atoms with Crippen molar-refractivity contribution in [3.8, 4) is 5.75 Å². The lowest BCUT2D eigenvalue weighted by molar-refractivity contribution is -0.122. The largest absolute Gasteiger partial charge is 0.497 e. The van der Waals surface area contributed by atoms with Gasteiger partial charge >= 0.3 is 0 Å². The van der Waals surface area contributed by atoms with Gasteiger partial charge in [0.05, 0.1) is 25.1 Å². The fraction of sp³-hybridized carbons (Fsp3) is 0.381. The highest BCUT2D eigenvalue weighted by molar-refractivity contribution is 7.92. The summed E-state index contributed by atoms with van der Waals surface area (Å²) in [4.78, 5) is 12.8. The second-order valence-electron chi connectivity index (χ2n) is 7.01. The number of aryl methyl sites for hydroxylation is 2. The number of carbonyl (C=O) groups is 1. The number of hydrogen-bond acceptors (Lipinski definition) is 4. The first-order valence-electron chi connectivity index (χ1n) is 9.05. The van der Waals surface area contributed by atoms with E-state index < -0.39 is 16.1 Å². The average molecular weight is 405 g/mol. The monoisotopic (exact) mass is 404 g/mol. The van der Waals surface area contributed by atoms with Gasteiger partial charge in [-0.25, -0.2) is 8.42 Å². The molecule has 0 aliphatic carbocycles. The Kier molecular flexibility index (Phi) is 6.72. The predicted molar refractivity (Wildman–Crippen MR) is 112 cm³/mol. The molecule has 2 unspecified atom stereocenters. The summed E-state index contributed by atoms with van der Waals surface area (Å²) in [7, 11) is -2.13. The molecule has 1 N–H and O–H groups in total. The van der Waals surface area contributed by atoms with Crippen LogP contribution in [0.4, 0.5) is 5.69 Å². The van der Waals surface area contributed by atoms with Crippen LogP contribution in [0.3, 0.4) is 0 Å². The van der Waals surface area contributed by atoms with E-state index in [0.29, 0.717) is 11.4 Å². The van der Waals surface area contributed by atoms with Crippen molar-refractivity contribution >= 4 is 21.6 Å². The summed E-state index contributed by atoms with van der Waals surface area (Å²) in [6.45, 7) is 7.51. The molecule has 1 amide bonds. The van der Waals surface area contributed by atoms with Crippen molar-refractivity contribution < 1.29 is 17.9 Å². The Bertz CT molecular complexity index is 939. The summed E-state index contributed by atoms with van der Waals surface area (Å²) in [6, 6.07) is 11.4. The van der Waals surface area contributed by atoms with E-state index in [2.05, 4.69) is 5.32 Å². The van der Waals surface area contributed by atoms with Crippen LogP contribution in [0.15, 0.2) is 42.5 Å². The van der Waals surface area contributed by atoms with Crippen LogP contribution >= 0.6 is 0 Å². The van der Waals surface area contributed by atoms with Crippen LogP contribution in [0.5, 0.6) is 5.75 Å². The van der Waals surface area contributed by atoms with Gasteiger partial charge in [-0.3, -0.25) is 9.10 Å². The van der Waals surface area contributed by atoms with Crippen molar-refractivity contribution in [1.29, 1.82) is 0 Å². The Hall–Kier alpha value is -2.54. The van der Waals surface area contributed by atoms with Crippen molar-refractivity contribution in [1.82, 2.24) is 5.32 Å². The molecule has 2 aromatic carbocycles. The third-order valence-electron chi connectivity index (χ3n) is 4.81. The number of benzene rings is 2. The van der Waals surface area contributed by atoms with Gasteiger partial charge in [0.15, 0.2) is 0 Å². The zero-order valence-electron chi connectivity index (χ0n) is 17.2. The molecule has 0 saturated heterocycles. The molecule has 0 spiro atoms. The van der Waals surface area contributed by atoms with Crippen molar-refractivity contribution in [2.75, 3.05) is 17.7 Å². The normalized spacial score (nSPS) is 13.5. The van der Waals surface area contributed by atoms with E-state index in [9.17, 15) is 13.2 Å². The number of methoxy groups -OCH3 is 1. The maximum atomic E-state index is 12.8. The van der Waals surface area contributed by atoms with Gasteiger partial charge in [0.2, 0.25) is 15.9 Å². The molecule has 0 aliphatic heterocycles. The van der Waals surface area contributed by atoms with Gasteiger partial charge in [-0.15, -0.1) is 0 Å². The summed E-state index contributed by atoms with van der Waals surface area (Å²) in [5.74, 6) is 0.240. The molecule has 2 rings (SSSR count). The predicted octanol–water partition coefficient (Wildman–Crippen LogP) is 3.34. The van der Waals surface area contributed by atoms with Crippen LogP contribution in [0.25, 0.3) is 0 Å². The number of carbonyl (C=O) groups excluding carboxylic acids is 1. The van der Waals surface area contributed by atoms with Crippen LogP contribution in [0.1, 0.15) is 36.6 Å². The fourth-order valence-electron chi connectivity index (χ4n) is 2.99. The molecule has 2 atom stereocenters. The quantitative estimate of drug-likeness (QED) is 0.768. The lowest BCUT2D eigenvalue weighted by atomic mass is 10.0. The summed E-state index contributed by atoms with van der Waals surface area (Å²) in [5, 5.41) is 2.92. The van der Waals surface area contributed by atoms with Crippen LogP contribution < -0.4 is 14.4 Å². The van der Waals surface area contributed by atoms with E-state index in [0.717, 1.165) is 21.7 Å². The van der Waals surface area contributed by atoms with Crippen LogP contribution in [-0.2, 0) is 14.8 Å². The van der Waals surface area contributed by atoms with Crippen LogP contribution in [-0.4, -0.2) is 33.7 Å².